The van der Waals surface area contributed by atoms with Crippen LogP contribution in [0.1, 0.15) is 36.6 Å². The molecule has 2 aliphatic heterocycles. The van der Waals surface area contributed by atoms with Crippen LogP contribution in [0.2, 0.25) is 0 Å². The number of hydrogen-bond donors (Lipinski definition) is 1. The van der Waals surface area contributed by atoms with E-state index in [1.807, 2.05) is 0 Å². The lowest BCUT2D eigenvalue weighted by atomic mass is 9.89. The normalized spacial score (nSPS) is 17.8. The van der Waals surface area contributed by atoms with Crippen molar-refractivity contribution in [1.29, 1.82) is 0 Å². The van der Waals surface area contributed by atoms with Crippen molar-refractivity contribution < 1.29 is 14.2 Å². The quantitative estimate of drug-likeness (QED) is 0.812. The maximum Gasteiger partial charge on any atom is 0.231 e. The van der Waals surface area contributed by atoms with E-state index in [2.05, 4.69) is 60.5 Å². The van der Waals surface area contributed by atoms with Crippen molar-refractivity contribution in [3.8, 4) is 17.2 Å². The summed E-state index contributed by atoms with van der Waals surface area (Å²) in [6, 6.07) is 12.9. The van der Waals surface area contributed by atoms with Crippen molar-refractivity contribution >= 4 is 0 Å². The van der Waals surface area contributed by atoms with Crippen LogP contribution in [0.25, 0.3) is 0 Å². The Morgan fingerprint density at radius 1 is 1.07 bits per heavy atom. The molecule has 1 unspecified atom stereocenters. The molecule has 5 heteroatoms. The van der Waals surface area contributed by atoms with E-state index in [0.717, 1.165) is 56.5 Å². The molecule has 0 amide bonds. The van der Waals surface area contributed by atoms with Gasteiger partial charge in [-0.05, 0) is 60.5 Å². The first-order chi connectivity index (χ1) is 13.3. The standard InChI is InChI=1S/C22H28N2O3/c1-3-24(4-2)11-12-25-18-7-5-16(6-8-18)22-19-14-21-20(26-15-27-21)13-17(19)9-10-23-22/h5-8,13-14,22-23H,3-4,9-12,15H2,1-2H3. The van der Waals surface area contributed by atoms with Crippen LogP contribution in [0.4, 0.5) is 0 Å². The van der Waals surface area contributed by atoms with Crippen LogP contribution in [0, 0.1) is 0 Å². The zero-order valence-electron chi connectivity index (χ0n) is 16.2. The van der Waals surface area contributed by atoms with Gasteiger partial charge in [-0.3, -0.25) is 0 Å². The van der Waals surface area contributed by atoms with Crippen LogP contribution in [0.3, 0.4) is 0 Å². The van der Waals surface area contributed by atoms with E-state index in [4.69, 9.17) is 14.2 Å². The number of ether oxygens (including phenoxy) is 3. The van der Waals surface area contributed by atoms with Crippen molar-refractivity contribution in [1.82, 2.24) is 10.2 Å². The van der Waals surface area contributed by atoms with Crippen LogP contribution in [0.15, 0.2) is 36.4 Å². The minimum absolute atomic E-state index is 0.174. The lowest BCUT2D eigenvalue weighted by Gasteiger charge is -2.28. The molecule has 2 aliphatic rings. The molecule has 2 aromatic rings. The van der Waals surface area contributed by atoms with E-state index in [0.29, 0.717) is 6.79 Å². The fourth-order valence-corrected chi connectivity index (χ4v) is 3.83. The maximum absolute atomic E-state index is 5.91. The third-order valence-electron chi connectivity index (χ3n) is 5.47. The van der Waals surface area contributed by atoms with Crippen molar-refractivity contribution in [3.63, 3.8) is 0 Å². The molecule has 1 atom stereocenters. The summed E-state index contributed by atoms with van der Waals surface area (Å²) in [6.45, 7) is 9.43. The van der Waals surface area contributed by atoms with Gasteiger partial charge in [0.1, 0.15) is 12.4 Å². The molecule has 0 radical (unpaired) electrons. The smallest absolute Gasteiger partial charge is 0.231 e. The molecule has 2 heterocycles. The summed E-state index contributed by atoms with van der Waals surface area (Å²) >= 11 is 0. The van der Waals surface area contributed by atoms with E-state index < -0.39 is 0 Å². The molecule has 0 saturated carbocycles. The third kappa shape index (κ3) is 3.89. The average Bonchev–Trinajstić information content (AvgIpc) is 3.17. The summed E-state index contributed by atoms with van der Waals surface area (Å²) in [5, 5.41) is 3.63. The van der Waals surface area contributed by atoms with Gasteiger partial charge in [0.25, 0.3) is 0 Å². The SMILES string of the molecule is CCN(CC)CCOc1ccc(C2NCCc3cc4c(cc32)OCO4)cc1. The first kappa shape index (κ1) is 18.1. The van der Waals surface area contributed by atoms with Gasteiger partial charge in [-0.1, -0.05) is 26.0 Å². The number of fused-ring (bicyclic) bond motifs is 2. The Kier molecular flexibility index (Phi) is 5.50. The van der Waals surface area contributed by atoms with Gasteiger partial charge in [-0.15, -0.1) is 0 Å². The second-order valence-electron chi connectivity index (χ2n) is 6.99. The highest BCUT2D eigenvalue weighted by atomic mass is 16.7. The minimum atomic E-state index is 0.174. The van der Waals surface area contributed by atoms with E-state index in [1.54, 1.807) is 0 Å². The fraction of sp³-hybridized carbons (Fsp3) is 0.455. The summed E-state index contributed by atoms with van der Waals surface area (Å²) in [6.07, 6.45) is 1.01. The van der Waals surface area contributed by atoms with Crippen molar-refractivity contribution in [2.45, 2.75) is 26.3 Å². The fourth-order valence-electron chi connectivity index (χ4n) is 3.83. The van der Waals surface area contributed by atoms with Gasteiger partial charge in [0.2, 0.25) is 6.79 Å². The Bertz CT molecular complexity index is 772. The molecule has 144 valence electrons. The molecule has 5 nitrogen and oxygen atoms in total. The Morgan fingerprint density at radius 2 is 1.81 bits per heavy atom. The van der Waals surface area contributed by atoms with Gasteiger partial charge < -0.3 is 24.4 Å². The third-order valence-corrected chi connectivity index (χ3v) is 5.47. The Labute approximate surface area is 161 Å². The van der Waals surface area contributed by atoms with Crippen molar-refractivity contribution in [2.75, 3.05) is 39.6 Å². The van der Waals surface area contributed by atoms with Gasteiger partial charge >= 0.3 is 0 Å². The van der Waals surface area contributed by atoms with Crippen LogP contribution < -0.4 is 19.5 Å². The lowest BCUT2D eigenvalue weighted by molar-refractivity contribution is 0.174. The van der Waals surface area contributed by atoms with Gasteiger partial charge in [0, 0.05) is 13.1 Å². The second-order valence-corrected chi connectivity index (χ2v) is 6.99. The highest BCUT2D eigenvalue weighted by Crippen LogP contribution is 2.40. The van der Waals surface area contributed by atoms with E-state index >= 15 is 0 Å². The van der Waals surface area contributed by atoms with Gasteiger partial charge in [-0.25, -0.2) is 0 Å². The molecule has 1 N–H and O–H groups in total. The van der Waals surface area contributed by atoms with Crippen molar-refractivity contribution in [3.05, 3.63) is 53.1 Å². The number of nitrogens with zero attached hydrogens (tertiary/aromatic N) is 1. The van der Waals surface area contributed by atoms with Crippen LogP contribution >= 0.6 is 0 Å². The monoisotopic (exact) mass is 368 g/mol. The number of nitrogens with one attached hydrogen (secondary N) is 1. The van der Waals surface area contributed by atoms with E-state index in [9.17, 15) is 0 Å². The van der Waals surface area contributed by atoms with Crippen molar-refractivity contribution in [2.24, 2.45) is 0 Å². The molecule has 0 fully saturated rings. The average molecular weight is 368 g/mol. The molecular formula is C22H28N2O3. The van der Waals surface area contributed by atoms with Crippen LogP contribution in [-0.4, -0.2) is 44.5 Å². The Morgan fingerprint density at radius 3 is 2.56 bits per heavy atom. The van der Waals surface area contributed by atoms with E-state index in [-0.39, 0.29) is 6.04 Å². The number of hydrogen-bond acceptors (Lipinski definition) is 5. The highest BCUT2D eigenvalue weighted by Gasteiger charge is 2.25. The molecule has 2 aromatic carbocycles. The minimum Gasteiger partial charge on any atom is -0.492 e. The zero-order valence-corrected chi connectivity index (χ0v) is 16.2. The lowest BCUT2D eigenvalue weighted by Crippen LogP contribution is -2.30. The molecule has 0 spiro atoms. The summed E-state index contributed by atoms with van der Waals surface area (Å²) in [4.78, 5) is 2.36. The second kappa shape index (κ2) is 8.19. The predicted octanol–water partition coefficient (Wildman–Crippen LogP) is 3.37. The largest absolute Gasteiger partial charge is 0.492 e. The van der Waals surface area contributed by atoms with Gasteiger partial charge in [-0.2, -0.15) is 0 Å². The molecule has 27 heavy (non-hydrogen) atoms. The van der Waals surface area contributed by atoms with E-state index in [1.165, 1.54) is 16.7 Å². The molecule has 0 aliphatic carbocycles. The summed E-state index contributed by atoms with van der Waals surface area (Å²) < 4.78 is 17.0. The van der Waals surface area contributed by atoms with Crippen LogP contribution in [-0.2, 0) is 6.42 Å². The predicted molar refractivity (Wildman–Crippen MR) is 106 cm³/mol. The molecule has 0 saturated heterocycles. The summed E-state index contributed by atoms with van der Waals surface area (Å²) in [5.74, 6) is 2.64. The maximum atomic E-state index is 5.91. The number of benzene rings is 2. The molecule has 0 aromatic heterocycles. The topological polar surface area (TPSA) is 43.0 Å². The first-order valence-corrected chi connectivity index (χ1v) is 9.89. The molecular weight excluding hydrogens is 340 g/mol. The summed E-state index contributed by atoms with van der Waals surface area (Å²) in [7, 11) is 0. The van der Waals surface area contributed by atoms with Crippen LogP contribution in [0.5, 0.6) is 17.2 Å². The zero-order chi connectivity index (χ0) is 18.6. The summed E-state index contributed by atoms with van der Waals surface area (Å²) in [5.41, 5.74) is 3.86. The van der Waals surface area contributed by atoms with Gasteiger partial charge in [0.05, 0.1) is 6.04 Å². The Balaban J connectivity index is 1.46. The Hall–Kier alpha value is -2.24. The first-order valence-electron chi connectivity index (χ1n) is 9.89. The molecule has 0 bridgehead atoms. The molecule has 4 rings (SSSR count). The number of rotatable bonds is 7. The van der Waals surface area contributed by atoms with Gasteiger partial charge in [0.15, 0.2) is 11.5 Å². The highest BCUT2D eigenvalue weighted by molar-refractivity contribution is 5.52. The number of likely N-dealkylation sites (N-methyl/N-ethyl adjacent to an activating group) is 1.